The van der Waals surface area contributed by atoms with E-state index in [-0.39, 0.29) is 18.9 Å². The summed E-state index contributed by atoms with van der Waals surface area (Å²) < 4.78 is 4.84. The Hall–Kier alpha value is -1.14. The number of nitrogens with two attached hydrogens (primary N) is 2. The standard InChI is InChI=1S/C10H20N2O4/c1-3-6(2)8(12)10(15)16-5-4-7(11)9(13)14/h6-8H,3-5,11-12H2,1-2H3,(H,13,14)/t6-,7+,8+/m1/s1. The topological polar surface area (TPSA) is 116 Å². The Morgan fingerprint density at radius 2 is 1.94 bits per heavy atom. The van der Waals surface area contributed by atoms with Crippen molar-refractivity contribution in [2.75, 3.05) is 6.61 Å². The van der Waals surface area contributed by atoms with Crippen LogP contribution in [0.4, 0.5) is 0 Å². The van der Waals surface area contributed by atoms with Gasteiger partial charge in [-0.1, -0.05) is 20.3 Å². The van der Waals surface area contributed by atoms with Crippen molar-refractivity contribution in [2.24, 2.45) is 17.4 Å². The molecule has 94 valence electrons. The van der Waals surface area contributed by atoms with E-state index in [1.54, 1.807) is 0 Å². The lowest BCUT2D eigenvalue weighted by Crippen LogP contribution is -2.39. The van der Waals surface area contributed by atoms with Gasteiger partial charge in [0, 0.05) is 6.42 Å². The first-order chi connectivity index (χ1) is 7.40. The van der Waals surface area contributed by atoms with Crippen LogP contribution < -0.4 is 11.5 Å². The van der Waals surface area contributed by atoms with E-state index in [1.165, 1.54) is 0 Å². The van der Waals surface area contributed by atoms with E-state index < -0.39 is 24.0 Å². The lowest BCUT2D eigenvalue weighted by atomic mass is 10.0. The summed E-state index contributed by atoms with van der Waals surface area (Å²) in [5, 5.41) is 8.49. The molecule has 5 N–H and O–H groups in total. The second kappa shape index (κ2) is 7.19. The van der Waals surface area contributed by atoms with Crippen LogP contribution in [0.2, 0.25) is 0 Å². The number of hydrogen-bond donors (Lipinski definition) is 3. The highest BCUT2D eigenvalue weighted by Crippen LogP contribution is 2.06. The van der Waals surface area contributed by atoms with Crippen molar-refractivity contribution >= 4 is 11.9 Å². The fraction of sp³-hybridized carbons (Fsp3) is 0.800. The Balaban J connectivity index is 3.85. The van der Waals surface area contributed by atoms with Gasteiger partial charge in [-0.3, -0.25) is 9.59 Å². The Labute approximate surface area is 94.9 Å². The van der Waals surface area contributed by atoms with E-state index in [4.69, 9.17) is 21.3 Å². The molecule has 0 aliphatic carbocycles. The van der Waals surface area contributed by atoms with E-state index in [2.05, 4.69) is 0 Å². The fourth-order valence-electron chi connectivity index (χ4n) is 0.992. The highest BCUT2D eigenvalue weighted by molar-refractivity contribution is 5.76. The molecule has 0 spiro atoms. The molecule has 3 atom stereocenters. The van der Waals surface area contributed by atoms with Crippen molar-refractivity contribution in [1.29, 1.82) is 0 Å². The van der Waals surface area contributed by atoms with Crippen molar-refractivity contribution in [3.05, 3.63) is 0 Å². The van der Waals surface area contributed by atoms with Crippen LogP contribution in [0.3, 0.4) is 0 Å². The number of carboxylic acid groups (broad SMARTS) is 1. The van der Waals surface area contributed by atoms with Gasteiger partial charge in [0.25, 0.3) is 0 Å². The maximum absolute atomic E-state index is 11.4. The van der Waals surface area contributed by atoms with Gasteiger partial charge in [-0.25, -0.2) is 0 Å². The average Bonchev–Trinajstić information content (AvgIpc) is 2.26. The minimum Gasteiger partial charge on any atom is -0.480 e. The molecule has 0 amide bonds. The Kier molecular flexibility index (Phi) is 6.67. The van der Waals surface area contributed by atoms with E-state index in [1.807, 2.05) is 13.8 Å². The molecular formula is C10H20N2O4. The molecule has 0 fully saturated rings. The first kappa shape index (κ1) is 14.9. The van der Waals surface area contributed by atoms with Crippen molar-refractivity contribution in [1.82, 2.24) is 0 Å². The number of carbonyl (C=O) groups excluding carboxylic acids is 1. The summed E-state index contributed by atoms with van der Waals surface area (Å²) in [6, 6.07) is -1.67. The number of carboxylic acids is 1. The van der Waals surface area contributed by atoms with Crippen molar-refractivity contribution in [2.45, 2.75) is 38.8 Å². The van der Waals surface area contributed by atoms with Gasteiger partial charge >= 0.3 is 11.9 Å². The molecule has 0 unspecified atom stereocenters. The predicted octanol–water partition coefficient (Wildman–Crippen LogP) is -0.295. The van der Waals surface area contributed by atoms with Gasteiger partial charge < -0.3 is 21.3 Å². The zero-order valence-corrected chi connectivity index (χ0v) is 9.68. The summed E-state index contributed by atoms with van der Waals surface area (Å²) in [5.74, 6) is -1.57. The molecule has 6 heteroatoms. The molecule has 6 nitrogen and oxygen atoms in total. The van der Waals surface area contributed by atoms with Crippen LogP contribution in [0.25, 0.3) is 0 Å². The van der Waals surface area contributed by atoms with Crippen LogP contribution in [0.1, 0.15) is 26.7 Å². The van der Waals surface area contributed by atoms with E-state index >= 15 is 0 Å². The minimum absolute atomic E-state index is 0.0174. The van der Waals surface area contributed by atoms with Crippen LogP contribution >= 0.6 is 0 Å². The predicted molar refractivity (Wildman–Crippen MR) is 58.6 cm³/mol. The van der Waals surface area contributed by atoms with Gasteiger partial charge in [-0.15, -0.1) is 0 Å². The second-order valence-electron chi connectivity index (χ2n) is 3.81. The SMILES string of the molecule is CC[C@@H](C)[C@H](N)C(=O)OCC[C@H](N)C(=O)O. The Bertz CT molecular complexity index is 245. The summed E-state index contributed by atoms with van der Waals surface area (Å²) in [4.78, 5) is 21.7. The monoisotopic (exact) mass is 232 g/mol. The van der Waals surface area contributed by atoms with Crippen molar-refractivity contribution in [3.8, 4) is 0 Å². The maximum atomic E-state index is 11.4. The van der Waals surface area contributed by atoms with Crippen molar-refractivity contribution in [3.63, 3.8) is 0 Å². The van der Waals surface area contributed by atoms with Crippen LogP contribution in [-0.2, 0) is 14.3 Å². The molecule has 0 bridgehead atoms. The summed E-state index contributed by atoms with van der Waals surface area (Å²) in [7, 11) is 0. The Morgan fingerprint density at radius 1 is 1.38 bits per heavy atom. The highest BCUT2D eigenvalue weighted by atomic mass is 16.5. The first-order valence-electron chi connectivity index (χ1n) is 5.30. The third-order valence-corrected chi connectivity index (χ3v) is 2.52. The molecular weight excluding hydrogens is 212 g/mol. The minimum atomic E-state index is -1.11. The molecule has 0 radical (unpaired) electrons. The summed E-state index contributed by atoms with van der Waals surface area (Å²) in [6.45, 7) is 3.77. The van der Waals surface area contributed by atoms with Gasteiger partial charge in [-0.2, -0.15) is 0 Å². The van der Waals surface area contributed by atoms with E-state index in [0.717, 1.165) is 6.42 Å². The van der Waals surface area contributed by atoms with Crippen LogP contribution in [0.15, 0.2) is 0 Å². The van der Waals surface area contributed by atoms with Crippen molar-refractivity contribution < 1.29 is 19.4 Å². The zero-order chi connectivity index (χ0) is 12.7. The average molecular weight is 232 g/mol. The summed E-state index contributed by atoms with van der Waals surface area (Å²) in [6.07, 6.45) is 0.874. The first-order valence-corrected chi connectivity index (χ1v) is 5.30. The third kappa shape index (κ3) is 5.09. The maximum Gasteiger partial charge on any atom is 0.323 e. The molecule has 0 aromatic carbocycles. The Morgan fingerprint density at radius 3 is 2.38 bits per heavy atom. The van der Waals surface area contributed by atoms with Gasteiger partial charge in [0.15, 0.2) is 0 Å². The van der Waals surface area contributed by atoms with Gasteiger partial charge in [0.2, 0.25) is 0 Å². The fourth-order valence-corrected chi connectivity index (χ4v) is 0.992. The number of aliphatic carboxylic acids is 1. The summed E-state index contributed by atoms with van der Waals surface area (Å²) >= 11 is 0. The third-order valence-electron chi connectivity index (χ3n) is 2.52. The number of ether oxygens (including phenoxy) is 1. The summed E-state index contributed by atoms with van der Waals surface area (Å²) in [5.41, 5.74) is 10.9. The molecule has 0 saturated carbocycles. The van der Waals surface area contributed by atoms with Gasteiger partial charge in [-0.05, 0) is 5.92 Å². The number of rotatable bonds is 7. The molecule has 0 aromatic rings. The lowest BCUT2D eigenvalue weighted by Gasteiger charge is -2.17. The van der Waals surface area contributed by atoms with Crippen LogP contribution in [-0.4, -0.2) is 35.7 Å². The highest BCUT2D eigenvalue weighted by Gasteiger charge is 2.21. The normalized spacial score (nSPS) is 16.2. The van der Waals surface area contributed by atoms with Crippen LogP contribution in [0.5, 0.6) is 0 Å². The van der Waals surface area contributed by atoms with Gasteiger partial charge in [0.05, 0.1) is 6.61 Å². The van der Waals surface area contributed by atoms with E-state index in [9.17, 15) is 9.59 Å². The molecule has 16 heavy (non-hydrogen) atoms. The molecule has 0 saturated heterocycles. The van der Waals surface area contributed by atoms with Gasteiger partial charge in [0.1, 0.15) is 12.1 Å². The molecule has 0 aromatic heterocycles. The zero-order valence-electron chi connectivity index (χ0n) is 9.68. The number of esters is 1. The van der Waals surface area contributed by atoms with Crippen LogP contribution in [0, 0.1) is 5.92 Å². The molecule has 0 heterocycles. The number of carbonyl (C=O) groups is 2. The lowest BCUT2D eigenvalue weighted by molar-refractivity contribution is -0.148. The largest absolute Gasteiger partial charge is 0.480 e. The molecule has 0 aliphatic rings. The molecule has 0 rings (SSSR count). The second-order valence-corrected chi connectivity index (χ2v) is 3.81. The number of hydrogen-bond acceptors (Lipinski definition) is 5. The van der Waals surface area contributed by atoms with E-state index in [0.29, 0.717) is 0 Å². The molecule has 0 aliphatic heterocycles. The quantitative estimate of drug-likeness (QED) is 0.519. The smallest absolute Gasteiger partial charge is 0.323 e.